The molecule has 32 heavy (non-hydrogen) atoms. The van der Waals surface area contributed by atoms with Crippen LogP contribution in [0.2, 0.25) is 0 Å². The van der Waals surface area contributed by atoms with Gasteiger partial charge in [0.25, 0.3) is 0 Å². The number of benzene rings is 2. The van der Waals surface area contributed by atoms with E-state index in [1.165, 1.54) is 16.2 Å². The lowest BCUT2D eigenvalue weighted by Gasteiger charge is -2.21. The molecule has 7 nitrogen and oxygen atoms in total. The maximum absolute atomic E-state index is 13.2. The molecular formula is C23H29N3O4S2. The molecule has 0 aliphatic carbocycles. The number of sulfone groups is 1. The van der Waals surface area contributed by atoms with Gasteiger partial charge in [0.15, 0.2) is 15.0 Å². The fourth-order valence-electron chi connectivity index (χ4n) is 3.21. The number of aryl methyl sites for hydroxylation is 1. The Hall–Kier alpha value is -2.49. The lowest BCUT2D eigenvalue weighted by molar-refractivity contribution is -0.116. The van der Waals surface area contributed by atoms with Gasteiger partial charge in [-0.3, -0.25) is 9.69 Å². The Balaban J connectivity index is 1.88. The van der Waals surface area contributed by atoms with Gasteiger partial charge in [-0.1, -0.05) is 29.0 Å². The molecule has 3 aromatic rings. The number of thiazole rings is 1. The van der Waals surface area contributed by atoms with Gasteiger partial charge in [-0.25, -0.2) is 13.4 Å². The first-order chi connectivity index (χ1) is 15.2. The standard InChI is InChI=1S/C23H29N3O4S2/c1-5-30-18-9-12-20-21(15-18)31-23(24-20)26(14-6-13-25(3)4)22(27)16-32(28,29)19-10-7-17(2)8-11-19/h7-12,15H,5-6,13-14,16H2,1-4H3. The predicted octanol–water partition coefficient (Wildman–Crippen LogP) is 3.76. The van der Waals surface area contributed by atoms with Crippen LogP contribution in [-0.4, -0.2) is 63.8 Å². The van der Waals surface area contributed by atoms with Crippen LogP contribution in [0.1, 0.15) is 18.9 Å². The van der Waals surface area contributed by atoms with Gasteiger partial charge in [-0.2, -0.15) is 0 Å². The maximum atomic E-state index is 13.2. The molecule has 0 spiro atoms. The molecule has 0 aliphatic rings. The number of ether oxygens (including phenoxy) is 1. The van der Waals surface area contributed by atoms with Crippen LogP contribution in [0.4, 0.5) is 5.13 Å². The molecule has 9 heteroatoms. The summed E-state index contributed by atoms with van der Waals surface area (Å²) < 4.78 is 32.2. The van der Waals surface area contributed by atoms with Crippen molar-refractivity contribution in [2.75, 3.05) is 44.4 Å². The van der Waals surface area contributed by atoms with E-state index < -0.39 is 21.5 Å². The number of amides is 1. The number of fused-ring (bicyclic) bond motifs is 1. The monoisotopic (exact) mass is 475 g/mol. The summed E-state index contributed by atoms with van der Waals surface area (Å²) in [4.78, 5) is 21.5. The highest BCUT2D eigenvalue weighted by Crippen LogP contribution is 2.32. The topological polar surface area (TPSA) is 79.8 Å². The minimum atomic E-state index is -3.76. The van der Waals surface area contributed by atoms with Crippen LogP contribution in [0.3, 0.4) is 0 Å². The van der Waals surface area contributed by atoms with Gasteiger partial charge in [-0.05, 0) is 71.2 Å². The molecule has 0 atom stereocenters. The highest BCUT2D eigenvalue weighted by atomic mass is 32.2. The molecule has 0 saturated carbocycles. The third kappa shape index (κ3) is 6.05. The van der Waals surface area contributed by atoms with Crippen molar-refractivity contribution in [1.82, 2.24) is 9.88 Å². The van der Waals surface area contributed by atoms with Gasteiger partial charge < -0.3 is 9.64 Å². The quantitative estimate of drug-likeness (QED) is 0.444. The molecule has 1 amide bonds. The Kier molecular flexibility index (Phi) is 7.86. The Morgan fingerprint density at radius 3 is 2.47 bits per heavy atom. The van der Waals surface area contributed by atoms with E-state index in [-0.39, 0.29) is 4.90 Å². The van der Waals surface area contributed by atoms with Gasteiger partial charge in [0.05, 0.1) is 21.7 Å². The highest BCUT2D eigenvalue weighted by molar-refractivity contribution is 7.92. The molecule has 0 N–H and O–H groups in total. The minimum Gasteiger partial charge on any atom is -0.494 e. The maximum Gasteiger partial charge on any atom is 0.244 e. The number of carbonyl (C=O) groups excluding carboxylic acids is 1. The van der Waals surface area contributed by atoms with Crippen LogP contribution >= 0.6 is 11.3 Å². The van der Waals surface area contributed by atoms with E-state index in [4.69, 9.17) is 4.74 Å². The summed E-state index contributed by atoms with van der Waals surface area (Å²) in [6.45, 7) is 5.52. The van der Waals surface area contributed by atoms with Gasteiger partial charge in [0, 0.05) is 6.54 Å². The van der Waals surface area contributed by atoms with Gasteiger partial charge in [-0.15, -0.1) is 0 Å². The van der Waals surface area contributed by atoms with Crippen LogP contribution in [0.15, 0.2) is 47.4 Å². The van der Waals surface area contributed by atoms with E-state index in [2.05, 4.69) is 4.98 Å². The van der Waals surface area contributed by atoms with Crippen molar-refractivity contribution in [3.05, 3.63) is 48.0 Å². The van der Waals surface area contributed by atoms with Crippen molar-refractivity contribution in [3.8, 4) is 5.75 Å². The van der Waals surface area contributed by atoms with Crippen LogP contribution in [0, 0.1) is 6.92 Å². The van der Waals surface area contributed by atoms with Crippen molar-refractivity contribution in [2.24, 2.45) is 0 Å². The summed E-state index contributed by atoms with van der Waals surface area (Å²) in [5.41, 5.74) is 1.71. The van der Waals surface area contributed by atoms with E-state index in [0.717, 1.165) is 28.1 Å². The predicted molar refractivity (Wildman–Crippen MR) is 130 cm³/mol. The lowest BCUT2D eigenvalue weighted by atomic mass is 10.2. The first-order valence-corrected chi connectivity index (χ1v) is 12.9. The molecule has 0 saturated heterocycles. The third-order valence-corrected chi connectivity index (χ3v) is 7.53. The Bertz CT molecular complexity index is 1170. The second-order valence-electron chi connectivity index (χ2n) is 7.83. The molecule has 3 rings (SSSR count). The van der Waals surface area contributed by atoms with Crippen LogP contribution < -0.4 is 9.64 Å². The first-order valence-electron chi connectivity index (χ1n) is 10.5. The molecule has 0 unspecified atom stereocenters. The third-order valence-electron chi connectivity index (χ3n) is 4.87. The number of anilines is 1. The number of hydrogen-bond donors (Lipinski definition) is 0. The van der Waals surface area contributed by atoms with Crippen molar-refractivity contribution in [3.63, 3.8) is 0 Å². The Labute approximate surface area is 193 Å². The second kappa shape index (κ2) is 10.4. The SMILES string of the molecule is CCOc1ccc2nc(N(CCCN(C)C)C(=O)CS(=O)(=O)c3ccc(C)cc3)sc2c1. The van der Waals surface area contributed by atoms with Crippen molar-refractivity contribution in [2.45, 2.75) is 25.2 Å². The van der Waals surface area contributed by atoms with Crippen LogP contribution in [0.5, 0.6) is 5.75 Å². The summed E-state index contributed by atoms with van der Waals surface area (Å²) >= 11 is 1.36. The molecule has 2 aromatic carbocycles. The molecule has 0 radical (unpaired) electrons. The number of carbonyl (C=O) groups is 1. The fraction of sp³-hybridized carbons (Fsp3) is 0.391. The zero-order chi connectivity index (χ0) is 23.3. The van der Waals surface area contributed by atoms with E-state index in [0.29, 0.717) is 24.7 Å². The van der Waals surface area contributed by atoms with Gasteiger partial charge >= 0.3 is 0 Å². The molecule has 1 heterocycles. The molecule has 172 valence electrons. The van der Waals surface area contributed by atoms with E-state index in [1.54, 1.807) is 24.3 Å². The van der Waals surface area contributed by atoms with Gasteiger partial charge in [0.1, 0.15) is 11.5 Å². The van der Waals surface area contributed by atoms with Crippen molar-refractivity contribution < 1.29 is 17.9 Å². The minimum absolute atomic E-state index is 0.148. The Morgan fingerprint density at radius 1 is 1.09 bits per heavy atom. The molecule has 1 aromatic heterocycles. The Morgan fingerprint density at radius 2 is 1.81 bits per heavy atom. The number of nitrogens with zero attached hydrogens (tertiary/aromatic N) is 3. The van der Waals surface area contributed by atoms with E-state index in [9.17, 15) is 13.2 Å². The highest BCUT2D eigenvalue weighted by Gasteiger charge is 2.26. The van der Waals surface area contributed by atoms with E-state index in [1.807, 2.05) is 51.0 Å². The molecule has 0 fully saturated rings. The normalized spacial score (nSPS) is 11.8. The molecule has 0 aliphatic heterocycles. The summed E-state index contributed by atoms with van der Waals surface area (Å²) in [6, 6.07) is 12.1. The summed E-state index contributed by atoms with van der Waals surface area (Å²) in [6.07, 6.45) is 0.698. The number of aromatic nitrogens is 1. The fourth-order valence-corrected chi connectivity index (χ4v) is 5.44. The smallest absolute Gasteiger partial charge is 0.244 e. The van der Waals surface area contributed by atoms with Crippen LogP contribution in [-0.2, 0) is 14.6 Å². The summed E-state index contributed by atoms with van der Waals surface area (Å²) in [5.74, 6) is -0.339. The second-order valence-corrected chi connectivity index (χ2v) is 10.8. The zero-order valence-electron chi connectivity index (χ0n) is 18.9. The lowest BCUT2D eigenvalue weighted by Crippen LogP contribution is -2.37. The summed E-state index contributed by atoms with van der Waals surface area (Å²) in [5, 5.41) is 0.497. The van der Waals surface area contributed by atoms with Crippen LogP contribution in [0.25, 0.3) is 10.2 Å². The van der Waals surface area contributed by atoms with Crippen molar-refractivity contribution >= 4 is 42.4 Å². The zero-order valence-corrected chi connectivity index (χ0v) is 20.5. The van der Waals surface area contributed by atoms with E-state index >= 15 is 0 Å². The number of rotatable bonds is 10. The average Bonchev–Trinajstić information content (AvgIpc) is 3.14. The largest absolute Gasteiger partial charge is 0.494 e. The molecular weight excluding hydrogens is 446 g/mol. The first kappa shape index (κ1) is 24.2. The number of hydrogen-bond acceptors (Lipinski definition) is 7. The summed E-state index contributed by atoms with van der Waals surface area (Å²) in [7, 11) is 0.159. The average molecular weight is 476 g/mol. The van der Waals surface area contributed by atoms with Gasteiger partial charge in [0.2, 0.25) is 5.91 Å². The molecule has 0 bridgehead atoms. The van der Waals surface area contributed by atoms with Crippen molar-refractivity contribution in [1.29, 1.82) is 0 Å².